The fraction of sp³-hybridized carbons (Fsp3) is 0.533. The average molecular weight is 344 g/mol. The SMILES string of the molecule is CCS(=O)(=O)c1cc(F)ccc1NC(=O)N1CCCO[C@@H](C)C1. The Balaban J connectivity index is 2.24. The highest BCUT2D eigenvalue weighted by molar-refractivity contribution is 7.91. The molecule has 1 aliphatic rings. The molecule has 0 spiro atoms. The topological polar surface area (TPSA) is 75.7 Å². The molecule has 0 aliphatic carbocycles. The molecule has 1 atom stereocenters. The van der Waals surface area contributed by atoms with Crippen LogP contribution in [0.1, 0.15) is 20.3 Å². The number of ether oxygens (including phenoxy) is 1. The van der Waals surface area contributed by atoms with Gasteiger partial charge in [-0.15, -0.1) is 0 Å². The van der Waals surface area contributed by atoms with Crippen LogP contribution in [0, 0.1) is 5.82 Å². The minimum absolute atomic E-state index is 0.0877. The third-order valence-corrected chi connectivity index (χ3v) is 5.41. The molecule has 0 saturated carbocycles. The van der Waals surface area contributed by atoms with Crippen LogP contribution in [0.3, 0.4) is 0 Å². The van der Waals surface area contributed by atoms with Gasteiger partial charge in [0.1, 0.15) is 5.82 Å². The molecule has 1 fully saturated rings. The van der Waals surface area contributed by atoms with E-state index in [1.807, 2.05) is 6.92 Å². The second kappa shape index (κ2) is 7.27. The van der Waals surface area contributed by atoms with Gasteiger partial charge in [0.15, 0.2) is 9.84 Å². The first-order valence-corrected chi connectivity index (χ1v) is 9.18. The maximum Gasteiger partial charge on any atom is 0.321 e. The summed E-state index contributed by atoms with van der Waals surface area (Å²) in [7, 11) is -3.64. The smallest absolute Gasteiger partial charge is 0.321 e. The lowest BCUT2D eigenvalue weighted by Crippen LogP contribution is -2.39. The molecule has 0 radical (unpaired) electrons. The van der Waals surface area contributed by atoms with Gasteiger partial charge in [0.2, 0.25) is 0 Å². The van der Waals surface area contributed by atoms with Crippen molar-refractivity contribution >= 4 is 21.6 Å². The largest absolute Gasteiger partial charge is 0.377 e. The third kappa shape index (κ3) is 4.42. The molecule has 1 heterocycles. The van der Waals surface area contributed by atoms with Gasteiger partial charge in [0.25, 0.3) is 0 Å². The van der Waals surface area contributed by atoms with Crippen LogP contribution in [0.5, 0.6) is 0 Å². The van der Waals surface area contributed by atoms with E-state index in [1.54, 1.807) is 4.90 Å². The molecule has 2 amide bonds. The lowest BCUT2D eigenvalue weighted by Gasteiger charge is -2.23. The number of sulfone groups is 1. The zero-order valence-electron chi connectivity index (χ0n) is 13.2. The number of carbonyl (C=O) groups excluding carboxylic acids is 1. The number of nitrogens with zero attached hydrogens (tertiary/aromatic N) is 1. The van der Waals surface area contributed by atoms with Crippen molar-refractivity contribution in [3.05, 3.63) is 24.0 Å². The minimum atomic E-state index is -3.64. The Morgan fingerprint density at radius 3 is 2.91 bits per heavy atom. The van der Waals surface area contributed by atoms with E-state index < -0.39 is 21.7 Å². The first-order valence-electron chi connectivity index (χ1n) is 7.53. The molecular weight excluding hydrogens is 323 g/mol. The van der Waals surface area contributed by atoms with Crippen LogP contribution in [-0.2, 0) is 14.6 Å². The average Bonchev–Trinajstić information content (AvgIpc) is 2.73. The van der Waals surface area contributed by atoms with Crippen molar-refractivity contribution in [3.63, 3.8) is 0 Å². The van der Waals surface area contributed by atoms with Crippen LogP contribution >= 0.6 is 0 Å². The first-order chi connectivity index (χ1) is 10.8. The van der Waals surface area contributed by atoms with Crippen molar-refractivity contribution in [3.8, 4) is 0 Å². The summed E-state index contributed by atoms with van der Waals surface area (Å²) >= 11 is 0. The Kier molecular flexibility index (Phi) is 5.59. The second-order valence-electron chi connectivity index (χ2n) is 5.46. The van der Waals surface area contributed by atoms with Gasteiger partial charge in [-0.2, -0.15) is 0 Å². The highest BCUT2D eigenvalue weighted by Gasteiger charge is 2.23. The lowest BCUT2D eigenvalue weighted by atomic mass is 10.3. The van der Waals surface area contributed by atoms with Crippen LogP contribution in [0.25, 0.3) is 0 Å². The second-order valence-corrected chi connectivity index (χ2v) is 7.70. The maximum absolute atomic E-state index is 13.4. The molecule has 128 valence electrons. The van der Waals surface area contributed by atoms with Gasteiger partial charge in [0.05, 0.1) is 22.4 Å². The molecule has 6 nitrogen and oxygen atoms in total. The Hall–Kier alpha value is -1.67. The number of nitrogens with one attached hydrogen (secondary N) is 1. The van der Waals surface area contributed by atoms with E-state index in [9.17, 15) is 17.6 Å². The van der Waals surface area contributed by atoms with E-state index in [1.165, 1.54) is 13.0 Å². The van der Waals surface area contributed by atoms with Crippen molar-refractivity contribution in [2.24, 2.45) is 0 Å². The van der Waals surface area contributed by atoms with Gasteiger partial charge in [-0.3, -0.25) is 0 Å². The molecule has 1 saturated heterocycles. The normalized spacial score (nSPS) is 19.3. The number of halogens is 1. The molecule has 0 aromatic heterocycles. The van der Waals surface area contributed by atoms with Gasteiger partial charge >= 0.3 is 6.03 Å². The minimum Gasteiger partial charge on any atom is -0.377 e. The van der Waals surface area contributed by atoms with Gasteiger partial charge in [-0.1, -0.05) is 6.92 Å². The first kappa shape index (κ1) is 17.7. The summed E-state index contributed by atoms with van der Waals surface area (Å²) in [5, 5.41) is 2.58. The molecule has 2 rings (SSSR count). The molecule has 23 heavy (non-hydrogen) atoms. The fourth-order valence-corrected chi connectivity index (χ4v) is 3.44. The number of hydrogen-bond acceptors (Lipinski definition) is 4. The monoisotopic (exact) mass is 344 g/mol. The van der Waals surface area contributed by atoms with E-state index in [0.29, 0.717) is 26.1 Å². The molecule has 0 unspecified atom stereocenters. The van der Waals surface area contributed by atoms with Crippen molar-refractivity contribution in [1.29, 1.82) is 0 Å². The Morgan fingerprint density at radius 2 is 2.22 bits per heavy atom. The Bertz CT molecular complexity index is 678. The van der Waals surface area contributed by atoms with Crippen LogP contribution in [0.4, 0.5) is 14.9 Å². The predicted molar refractivity (Wildman–Crippen MR) is 84.7 cm³/mol. The summed E-state index contributed by atoms with van der Waals surface area (Å²) in [5.41, 5.74) is 0.0936. The molecule has 0 bridgehead atoms. The number of rotatable bonds is 3. The molecular formula is C15H21FN2O4S. The fourth-order valence-electron chi connectivity index (χ4n) is 2.39. The molecule has 1 aliphatic heterocycles. The van der Waals surface area contributed by atoms with Crippen LogP contribution in [-0.4, -0.2) is 50.9 Å². The highest BCUT2D eigenvalue weighted by Crippen LogP contribution is 2.24. The highest BCUT2D eigenvalue weighted by atomic mass is 32.2. The number of hydrogen-bond donors (Lipinski definition) is 1. The number of benzene rings is 1. The Labute approximate surface area is 135 Å². The van der Waals surface area contributed by atoms with E-state index in [2.05, 4.69) is 5.32 Å². The van der Waals surface area contributed by atoms with Crippen LogP contribution in [0.2, 0.25) is 0 Å². The summed E-state index contributed by atoms with van der Waals surface area (Å²) in [6, 6.07) is 2.91. The van der Waals surface area contributed by atoms with E-state index in [4.69, 9.17) is 4.74 Å². The number of anilines is 1. The van der Waals surface area contributed by atoms with E-state index >= 15 is 0 Å². The predicted octanol–water partition coefficient (Wildman–Crippen LogP) is 2.26. The Morgan fingerprint density at radius 1 is 1.48 bits per heavy atom. The van der Waals surface area contributed by atoms with Crippen LogP contribution in [0.15, 0.2) is 23.1 Å². The summed E-state index contributed by atoms with van der Waals surface area (Å²) in [5.74, 6) is -0.833. The maximum atomic E-state index is 13.4. The van der Waals surface area contributed by atoms with Gasteiger partial charge in [0, 0.05) is 19.7 Å². The quantitative estimate of drug-likeness (QED) is 0.913. The zero-order chi connectivity index (χ0) is 17.0. The number of urea groups is 1. The zero-order valence-corrected chi connectivity index (χ0v) is 14.0. The summed E-state index contributed by atoms with van der Waals surface area (Å²) in [6.45, 7) is 4.86. The standard InChI is InChI=1S/C15H21FN2O4S/c1-3-23(20,21)14-9-12(16)5-6-13(14)17-15(19)18-7-4-8-22-11(2)10-18/h5-6,9,11H,3-4,7-8,10H2,1-2H3,(H,17,19)/t11-/m0/s1. The van der Waals surface area contributed by atoms with E-state index in [0.717, 1.165) is 12.1 Å². The van der Waals surface area contributed by atoms with Crippen molar-refractivity contribution in [2.75, 3.05) is 30.8 Å². The van der Waals surface area contributed by atoms with Crippen LogP contribution < -0.4 is 5.32 Å². The van der Waals surface area contributed by atoms with Gasteiger partial charge < -0.3 is 15.0 Å². The molecule has 8 heteroatoms. The summed E-state index contributed by atoms with van der Waals surface area (Å²) in [6.07, 6.45) is 0.622. The molecule has 1 aromatic carbocycles. The lowest BCUT2D eigenvalue weighted by molar-refractivity contribution is 0.0718. The third-order valence-electron chi connectivity index (χ3n) is 3.64. The molecule has 1 N–H and O–H groups in total. The van der Waals surface area contributed by atoms with Crippen molar-refractivity contribution in [2.45, 2.75) is 31.3 Å². The van der Waals surface area contributed by atoms with Gasteiger partial charge in [-0.25, -0.2) is 17.6 Å². The van der Waals surface area contributed by atoms with E-state index in [-0.39, 0.29) is 22.4 Å². The number of carbonyl (C=O) groups is 1. The van der Waals surface area contributed by atoms with Crippen molar-refractivity contribution in [1.82, 2.24) is 4.90 Å². The number of amides is 2. The molecule has 1 aromatic rings. The van der Waals surface area contributed by atoms with Gasteiger partial charge in [-0.05, 0) is 31.5 Å². The van der Waals surface area contributed by atoms with Crippen molar-refractivity contribution < 1.29 is 22.3 Å². The summed E-state index contributed by atoms with van der Waals surface area (Å²) in [4.78, 5) is 13.8. The summed E-state index contributed by atoms with van der Waals surface area (Å²) < 4.78 is 43.1.